The first-order valence-electron chi connectivity index (χ1n) is 9.53. The Labute approximate surface area is 160 Å². The average Bonchev–Trinajstić information content (AvgIpc) is 3.40. The average molecular weight is 376 g/mol. The lowest BCUT2D eigenvalue weighted by Gasteiger charge is -2.29. The number of amides is 1. The SMILES string of the molecule is CCN(CC)C(CNC(=O)CN1CCCC1c1ccsc1)c1ccco1. The maximum absolute atomic E-state index is 12.6. The van der Waals surface area contributed by atoms with E-state index in [4.69, 9.17) is 4.42 Å². The molecule has 142 valence electrons. The van der Waals surface area contributed by atoms with E-state index in [-0.39, 0.29) is 11.9 Å². The molecule has 3 rings (SSSR count). The van der Waals surface area contributed by atoms with Crippen molar-refractivity contribution in [3.63, 3.8) is 0 Å². The zero-order valence-corrected chi connectivity index (χ0v) is 16.5. The van der Waals surface area contributed by atoms with Gasteiger partial charge < -0.3 is 9.73 Å². The molecule has 2 aromatic rings. The Morgan fingerprint density at radius 1 is 1.42 bits per heavy atom. The van der Waals surface area contributed by atoms with Crippen LogP contribution in [0.4, 0.5) is 0 Å². The number of carbonyl (C=O) groups excluding carboxylic acids is 1. The summed E-state index contributed by atoms with van der Waals surface area (Å²) in [4.78, 5) is 17.2. The number of likely N-dealkylation sites (N-methyl/N-ethyl adjacent to an activating group) is 1. The number of furan rings is 1. The van der Waals surface area contributed by atoms with E-state index in [0.717, 1.165) is 38.2 Å². The van der Waals surface area contributed by atoms with Crippen molar-refractivity contribution in [2.24, 2.45) is 0 Å². The number of rotatable bonds is 9. The minimum atomic E-state index is 0.0789. The molecule has 3 heterocycles. The zero-order chi connectivity index (χ0) is 18.4. The summed E-state index contributed by atoms with van der Waals surface area (Å²) in [6, 6.07) is 6.54. The third-order valence-electron chi connectivity index (χ3n) is 5.26. The van der Waals surface area contributed by atoms with Crippen LogP contribution in [-0.2, 0) is 4.79 Å². The molecule has 2 atom stereocenters. The van der Waals surface area contributed by atoms with Gasteiger partial charge in [-0.05, 0) is 67.0 Å². The largest absolute Gasteiger partial charge is 0.468 e. The molecule has 1 aliphatic heterocycles. The lowest BCUT2D eigenvalue weighted by molar-refractivity contribution is -0.122. The quantitative estimate of drug-likeness (QED) is 0.726. The second kappa shape index (κ2) is 9.35. The minimum absolute atomic E-state index is 0.0789. The molecule has 0 radical (unpaired) electrons. The van der Waals surface area contributed by atoms with Crippen LogP contribution in [0.1, 0.15) is 50.1 Å². The van der Waals surface area contributed by atoms with E-state index in [9.17, 15) is 4.79 Å². The summed E-state index contributed by atoms with van der Waals surface area (Å²) < 4.78 is 5.61. The highest BCUT2D eigenvalue weighted by atomic mass is 32.1. The van der Waals surface area contributed by atoms with Gasteiger partial charge in [0.05, 0.1) is 18.8 Å². The summed E-state index contributed by atoms with van der Waals surface area (Å²) in [5.41, 5.74) is 1.34. The lowest BCUT2D eigenvalue weighted by atomic mass is 10.1. The second-order valence-corrected chi connectivity index (χ2v) is 7.52. The van der Waals surface area contributed by atoms with Crippen LogP contribution in [0.3, 0.4) is 0 Å². The van der Waals surface area contributed by atoms with Gasteiger partial charge in [0, 0.05) is 12.6 Å². The fraction of sp³-hybridized carbons (Fsp3) is 0.550. The predicted molar refractivity (Wildman–Crippen MR) is 105 cm³/mol. The normalized spacial score (nSPS) is 19.1. The number of carbonyl (C=O) groups is 1. The number of likely N-dealkylation sites (tertiary alicyclic amines) is 1. The van der Waals surface area contributed by atoms with E-state index in [2.05, 4.69) is 45.8 Å². The van der Waals surface area contributed by atoms with Crippen molar-refractivity contribution in [3.05, 3.63) is 46.5 Å². The van der Waals surface area contributed by atoms with E-state index in [1.165, 1.54) is 5.56 Å². The van der Waals surface area contributed by atoms with Crippen molar-refractivity contribution < 1.29 is 9.21 Å². The van der Waals surface area contributed by atoms with E-state index in [0.29, 0.717) is 19.1 Å². The van der Waals surface area contributed by atoms with E-state index in [1.807, 2.05) is 12.1 Å². The molecule has 0 bridgehead atoms. The molecule has 1 amide bonds. The van der Waals surface area contributed by atoms with Crippen LogP contribution >= 0.6 is 11.3 Å². The van der Waals surface area contributed by atoms with Crippen LogP contribution in [0.15, 0.2) is 39.6 Å². The molecule has 0 aliphatic carbocycles. The topological polar surface area (TPSA) is 48.7 Å². The van der Waals surface area contributed by atoms with E-state index >= 15 is 0 Å². The molecule has 0 saturated carbocycles. The maximum atomic E-state index is 12.6. The Kier molecular flexibility index (Phi) is 6.88. The highest BCUT2D eigenvalue weighted by Gasteiger charge is 2.28. The van der Waals surface area contributed by atoms with Crippen molar-refractivity contribution in [1.82, 2.24) is 15.1 Å². The summed E-state index contributed by atoms with van der Waals surface area (Å²) in [5, 5.41) is 7.45. The van der Waals surface area contributed by atoms with Crippen LogP contribution in [0, 0.1) is 0 Å². The Morgan fingerprint density at radius 3 is 2.92 bits per heavy atom. The van der Waals surface area contributed by atoms with Crippen molar-refractivity contribution in [1.29, 1.82) is 0 Å². The first-order valence-corrected chi connectivity index (χ1v) is 10.5. The Hall–Kier alpha value is -1.63. The van der Waals surface area contributed by atoms with Gasteiger partial charge in [-0.2, -0.15) is 11.3 Å². The summed E-state index contributed by atoms with van der Waals surface area (Å²) >= 11 is 1.73. The van der Waals surface area contributed by atoms with Crippen molar-refractivity contribution in [2.45, 2.75) is 38.8 Å². The number of hydrogen-bond donors (Lipinski definition) is 1. The molecule has 1 saturated heterocycles. The number of thiophene rings is 1. The summed E-state index contributed by atoms with van der Waals surface area (Å²) in [6.07, 6.45) is 3.99. The third-order valence-corrected chi connectivity index (χ3v) is 5.96. The van der Waals surface area contributed by atoms with Gasteiger partial charge in [-0.1, -0.05) is 13.8 Å². The highest BCUT2D eigenvalue weighted by Crippen LogP contribution is 2.32. The first-order chi connectivity index (χ1) is 12.7. The monoisotopic (exact) mass is 375 g/mol. The van der Waals surface area contributed by atoms with Crippen LogP contribution in [-0.4, -0.2) is 48.4 Å². The molecule has 6 heteroatoms. The molecule has 2 aromatic heterocycles. The minimum Gasteiger partial charge on any atom is -0.468 e. The lowest BCUT2D eigenvalue weighted by Crippen LogP contribution is -2.42. The first kappa shape index (κ1) is 19.1. The van der Waals surface area contributed by atoms with E-state index in [1.54, 1.807) is 17.6 Å². The van der Waals surface area contributed by atoms with Crippen LogP contribution < -0.4 is 5.32 Å². The molecule has 1 fully saturated rings. The van der Waals surface area contributed by atoms with Gasteiger partial charge in [0.2, 0.25) is 5.91 Å². The van der Waals surface area contributed by atoms with Crippen LogP contribution in [0.25, 0.3) is 0 Å². The molecule has 5 nitrogen and oxygen atoms in total. The molecule has 1 aliphatic rings. The fourth-order valence-electron chi connectivity index (χ4n) is 3.86. The van der Waals surface area contributed by atoms with Gasteiger partial charge in [-0.25, -0.2) is 0 Å². The fourth-order valence-corrected chi connectivity index (χ4v) is 4.57. The Balaban J connectivity index is 1.56. The molecule has 0 spiro atoms. The van der Waals surface area contributed by atoms with E-state index < -0.39 is 0 Å². The Morgan fingerprint density at radius 2 is 2.27 bits per heavy atom. The molecule has 2 unspecified atom stereocenters. The zero-order valence-electron chi connectivity index (χ0n) is 15.7. The van der Waals surface area contributed by atoms with Gasteiger partial charge in [0.25, 0.3) is 0 Å². The van der Waals surface area contributed by atoms with Crippen LogP contribution in [0.2, 0.25) is 0 Å². The van der Waals surface area contributed by atoms with Crippen molar-refractivity contribution in [2.75, 3.05) is 32.7 Å². The number of nitrogens with one attached hydrogen (secondary N) is 1. The van der Waals surface area contributed by atoms with Gasteiger partial charge in [-0.3, -0.25) is 14.6 Å². The summed E-state index contributed by atoms with van der Waals surface area (Å²) in [6.45, 7) is 8.14. The number of nitrogens with zero attached hydrogens (tertiary/aromatic N) is 2. The standard InChI is InChI=1S/C20H29N3O2S/c1-3-22(4-2)18(19-8-6-11-25-19)13-21-20(24)14-23-10-5-7-17(23)16-9-12-26-15-16/h6,8-9,11-12,15,17-18H,3-5,7,10,13-14H2,1-2H3,(H,21,24). The summed E-state index contributed by atoms with van der Waals surface area (Å²) in [7, 11) is 0. The molecule has 26 heavy (non-hydrogen) atoms. The summed E-state index contributed by atoms with van der Waals surface area (Å²) in [5.74, 6) is 1.00. The molecular weight excluding hydrogens is 346 g/mol. The van der Waals surface area contributed by atoms with Crippen molar-refractivity contribution >= 4 is 17.2 Å². The maximum Gasteiger partial charge on any atom is 0.234 e. The Bertz CT molecular complexity index is 653. The van der Waals surface area contributed by atoms with Gasteiger partial charge in [0.1, 0.15) is 5.76 Å². The molecular formula is C20H29N3O2S. The molecule has 1 N–H and O–H groups in total. The smallest absolute Gasteiger partial charge is 0.234 e. The van der Waals surface area contributed by atoms with Gasteiger partial charge >= 0.3 is 0 Å². The van der Waals surface area contributed by atoms with Crippen molar-refractivity contribution in [3.8, 4) is 0 Å². The third kappa shape index (κ3) is 4.55. The second-order valence-electron chi connectivity index (χ2n) is 6.74. The van der Waals surface area contributed by atoms with Gasteiger partial charge in [-0.15, -0.1) is 0 Å². The highest BCUT2D eigenvalue weighted by molar-refractivity contribution is 7.07. The predicted octanol–water partition coefficient (Wildman–Crippen LogP) is 3.68. The van der Waals surface area contributed by atoms with Gasteiger partial charge in [0.15, 0.2) is 0 Å². The van der Waals surface area contributed by atoms with Crippen LogP contribution in [0.5, 0.6) is 0 Å². The molecule has 0 aromatic carbocycles. The number of hydrogen-bond acceptors (Lipinski definition) is 5.